The molecule has 0 fully saturated rings. The minimum absolute atomic E-state index is 0.0634. The summed E-state index contributed by atoms with van der Waals surface area (Å²) in [6, 6.07) is 13.0. The van der Waals surface area contributed by atoms with Gasteiger partial charge in [0.25, 0.3) is 0 Å². The SMILES string of the molecule is NC(=O)Cn1cc(/C=N\NC(=O)c2cc3cc(Br)cc(I)c3o2)c2ccccc21. The van der Waals surface area contributed by atoms with Crippen molar-refractivity contribution in [1.82, 2.24) is 9.99 Å². The predicted octanol–water partition coefficient (Wildman–Crippen LogP) is 4.00. The highest BCUT2D eigenvalue weighted by atomic mass is 127. The molecule has 0 radical (unpaired) electrons. The molecule has 2 aromatic carbocycles. The molecule has 0 saturated carbocycles. The molecule has 0 aliphatic carbocycles. The zero-order valence-corrected chi connectivity index (χ0v) is 18.6. The lowest BCUT2D eigenvalue weighted by Crippen LogP contribution is -2.18. The van der Waals surface area contributed by atoms with Crippen LogP contribution in [-0.2, 0) is 11.3 Å². The van der Waals surface area contributed by atoms with Gasteiger partial charge in [-0.2, -0.15) is 5.10 Å². The van der Waals surface area contributed by atoms with E-state index in [1.165, 1.54) is 6.21 Å². The molecule has 4 aromatic rings. The van der Waals surface area contributed by atoms with Crippen LogP contribution in [0.4, 0.5) is 0 Å². The predicted molar refractivity (Wildman–Crippen MR) is 123 cm³/mol. The maximum Gasteiger partial charge on any atom is 0.307 e. The number of amides is 2. The molecule has 7 nitrogen and oxygen atoms in total. The molecule has 0 saturated heterocycles. The highest BCUT2D eigenvalue weighted by Gasteiger charge is 2.14. The lowest BCUT2D eigenvalue weighted by atomic mass is 10.2. The van der Waals surface area contributed by atoms with Crippen molar-refractivity contribution in [3.8, 4) is 0 Å². The van der Waals surface area contributed by atoms with Gasteiger partial charge in [-0.05, 0) is 46.9 Å². The van der Waals surface area contributed by atoms with Crippen molar-refractivity contribution in [2.45, 2.75) is 6.54 Å². The summed E-state index contributed by atoms with van der Waals surface area (Å²) in [5, 5.41) is 5.77. The standard InChI is InChI=1S/C20H14BrIN4O3/c21-13-5-11-6-17(29-19(11)15(22)7-13)20(28)25-24-8-12-9-26(10-18(23)27)16-4-2-1-3-14(12)16/h1-9H,10H2,(H2,23,27)(H,25,28)/b24-8-. The second-order valence-corrected chi connectivity index (χ2v) is 8.39. The number of para-hydroxylation sites is 1. The van der Waals surface area contributed by atoms with E-state index >= 15 is 0 Å². The molecule has 2 heterocycles. The number of benzene rings is 2. The van der Waals surface area contributed by atoms with Crippen LogP contribution in [0.3, 0.4) is 0 Å². The molecule has 2 aromatic heterocycles. The van der Waals surface area contributed by atoms with Crippen molar-refractivity contribution in [2.75, 3.05) is 0 Å². The summed E-state index contributed by atoms with van der Waals surface area (Å²) in [4.78, 5) is 23.7. The van der Waals surface area contributed by atoms with E-state index in [1.807, 2.05) is 36.4 Å². The molecule has 146 valence electrons. The van der Waals surface area contributed by atoms with Gasteiger partial charge in [0.05, 0.1) is 9.78 Å². The minimum atomic E-state index is -0.453. The smallest absolute Gasteiger partial charge is 0.307 e. The van der Waals surface area contributed by atoms with Crippen LogP contribution in [0.15, 0.2) is 62.7 Å². The van der Waals surface area contributed by atoms with Crippen molar-refractivity contribution < 1.29 is 14.0 Å². The van der Waals surface area contributed by atoms with Crippen molar-refractivity contribution in [1.29, 1.82) is 0 Å². The molecule has 0 spiro atoms. The quantitative estimate of drug-likeness (QED) is 0.217. The lowest BCUT2D eigenvalue weighted by Gasteiger charge is -2.00. The van der Waals surface area contributed by atoms with E-state index in [1.54, 1.807) is 16.8 Å². The van der Waals surface area contributed by atoms with Crippen molar-refractivity contribution in [3.63, 3.8) is 0 Å². The van der Waals surface area contributed by atoms with Gasteiger partial charge in [0.15, 0.2) is 5.76 Å². The third-order valence-electron chi connectivity index (χ3n) is 4.27. The number of furan rings is 1. The summed E-state index contributed by atoms with van der Waals surface area (Å²) in [7, 11) is 0. The maximum atomic E-state index is 12.4. The normalized spacial score (nSPS) is 11.5. The Kier molecular flexibility index (Phi) is 5.41. The molecule has 9 heteroatoms. The van der Waals surface area contributed by atoms with E-state index in [2.05, 4.69) is 49.0 Å². The van der Waals surface area contributed by atoms with Gasteiger partial charge >= 0.3 is 5.91 Å². The first-order valence-corrected chi connectivity index (χ1v) is 10.4. The summed E-state index contributed by atoms with van der Waals surface area (Å²) in [5.74, 6) is -0.719. The fourth-order valence-electron chi connectivity index (χ4n) is 3.08. The van der Waals surface area contributed by atoms with E-state index in [9.17, 15) is 9.59 Å². The fraction of sp³-hybridized carbons (Fsp3) is 0.0500. The summed E-state index contributed by atoms with van der Waals surface area (Å²) in [5.41, 5.74) is 10.1. The number of rotatable bonds is 5. The third-order valence-corrected chi connectivity index (χ3v) is 5.53. The van der Waals surface area contributed by atoms with Gasteiger partial charge in [0.1, 0.15) is 12.1 Å². The Morgan fingerprint density at radius 2 is 2.07 bits per heavy atom. The van der Waals surface area contributed by atoms with Crippen LogP contribution in [0.1, 0.15) is 16.1 Å². The van der Waals surface area contributed by atoms with Crippen LogP contribution in [-0.4, -0.2) is 22.6 Å². The summed E-state index contributed by atoms with van der Waals surface area (Å²) < 4.78 is 9.23. The minimum Gasteiger partial charge on any atom is -0.450 e. The van der Waals surface area contributed by atoms with E-state index in [4.69, 9.17) is 10.2 Å². The number of aromatic nitrogens is 1. The molecule has 2 amide bonds. The zero-order valence-electron chi connectivity index (χ0n) is 14.9. The number of primary amides is 1. The summed E-state index contributed by atoms with van der Waals surface area (Å²) >= 11 is 5.59. The van der Waals surface area contributed by atoms with Crippen molar-refractivity contribution in [3.05, 3.63) is 68.0 Å². The van der Waals surface area contributed by atoms with Gasteiger partial charge in [0, 0.05) is 32.5 Å². The number of nitrogens with zero attached hydrogens (tertiary/aromatic N) is 2. The molecule has 0 bridgehead atoms. The van der Waals surface area contributed by atoms with E-state index < -0.39 is 11.8 Å². The molecular formula is C20H14BrIN4O3. The number of fused-ring (bicyclic) bond motifs is 2. The Morgan fingerprint density at radius 1 is 1.28 bits per heavy atom. The summed E-state index contributed by atoms with van der Waals surface area (Å²) in [6.07, 6.45) is 3.30. The van der Waals surface area contributed by atoms with Crippen LogP contribution in [0, 0.1) is 3.57 Å². The monoisotopic (exact) mass is 564 g/mol. The summed E-state index contributed by atoms with van der Waals surface area (Å²) in [6.45, 7) is 0.0634. The number of nitrogens with one attached hydrogen (secondary N) is 1. The molecule has 0 atom stereocenters. The second-order valence-electron chi connectivity index (χ2n) is 6.31. The number of carbonyl (C=O) groups excluding carboxylic acids is 2. The van der Waals surface area contributed by atoms with Crippen LogP contribution >= 0.6 is 38.5 Å². The van der Waals surface area contributed by atoms with Gasteiger partial charge in [-0.3, -0.25) is 9.59 Å². The van der Waals surface area contributed by atoms with E-state index in [0.717, 1.165) is 29.9 Å². The Morgan fingerprint density at radius 3 is 2.86 bits per heavy atom. The first kappa shape index (κ1) is 19.6. The third kappa shape index (κ3) is 4.06. The van der Waals surface area contributed by atoms with E-state index in [0.29, 0.717) is 5.58 Å². The number of carbonyl (C=O) groups is 2. The second kappa shape index (κ2) is 7.99. The lowest BCUT2D eigenvalue weighted by molar-refractivity contribution is -0.118. The number of hydrazone groups is 1. The maximum absolute atomic E-state index is 12.4. The Labute approximate surface area is 187 Å². The van der Waals surface area contributed by atoms with Crippen LogP contribution < -0.4 is 11.2 Å². The average Bonchev–Trinajstić information content (AvgIpc) is 3.24. The van der Waals surface area contributed by atoms with E-state index in [-0.39, 0.29) is 12.3 Å². The Bertz CT molecular complexity index is 1290. The largest absolute Gasteiger partial charge is 0.450 e. The van der Waals surface area contributed by atoms with Gasteiger partial charge < -0.3 is 14.7 Å². The van der Waals surface area contributed by atoms with Gasteiger partial charge in [-0.1, -0.05) is 34.1 Å². The Balaban J connectivity index is 1.57. The molecule has 3 N–H and O–H groups in total. The van der Waals surface area contributed by atoms with Crippen molar-refractivity contribution in [2.24, 2.45) is 10.8 Å². The molecular weight excluding hydrogens is 551 g/mol. The zero-order chi connectivity index (χ0) is 20.5. The molecule has 29 heavy (non-hydrogen) atoms. The molecule has 0 aliphatic heterocycles. The van der Waals surface area contributed by atoms with Crippen molar-refractivity contribution >= 4 is 78.4 Å². The van der Waals surface area contributed by atoms with Gasteiger partial charge in [-0.15, -0.1) is 0 Å². The topological polar surface area (TPSA) is 103 Å². The highest BCUT2D eigenvalue weighted by molar-refractivity contribution is 14.1. The number of hydrogen-bond donors (Lipinski definition) is 2. The first-order chi connectivity index (χ1) is 13.9. The van der Waals surface area contributed by atoms with Crippen LogP contribution in [0.5, 0.6) is 0 Å². The number of nitrogens with two attached hydrogens (primary N) is 1. The number of halogens is 2. The fourth-order valence-corrected chi connectivity index (χ4v) is 4.74. The van der Waals surface area contributed by atoms with Crippen LogP contribution in [0.2, 0.25) is 0 Å². The Hall–Kier alpha value is -2.66. The molecule has 4 rings (SSSR count). The van der Waals surface area contributed by atoms with Gasteiger partial charge in [-0.25, -0.2) is 5.43 Å². The average molecular weight is 565 g/mol. The van der Waals surface area contributed by atoms with Crippen LogP contribution in [0.25, 0.3) is 21.9 Å². The van der Waals surface area contributed by atoms with Gasteiger partial charge in [0.2, 0.25) is 5.91 Å². The number of hydrogen-bond acceptors (Lipinski definition) is 4. The first-order valence-electron chi connectivity index (χ1n) is 8.50. The molecule has 0 unspecified atom stereocenters. The molecule has 0 aliphatic rings. The highest BCUT2D eigenvalue weighted by Crippen LogP contribution is 2.28.